The minimum atomic E-state index is 0.584. The summed E-state index contributed by atoms with van der Waals surface area (Å²) in [7, 11) is 2.04. The lowest BCUT2D eigenvalue weighted by molar-refractivity contribution is 0.526. The van der Waals surface area contributed by atoms with Crippen LogP contribution in [0.5, 0.6) is 0 Å². The lowest BCUT2D eigenvalue weighted by atomic mass is 10.4. The van der Waals surface area contributed by atoms with Crippen LogP contribution < -0.4 is 5.32 Å². The Kier molecular flexibility index (Phi) is 2.09. The summed E-state index contributed by atoms with van der Waals surface area (Å²) in [5.41, 5.74) is 0. The average Bonchev–Trinajstić information content (AvgIpc) is 2.79. The molecule has 1 fully saturated rings. The van der Waals surface area contributed by atoms with E-state index in [1.807, 2.05) is 13.2 Å². The minimum absolute atomic E-state index is 0.584. The zero-order chi connectivity index (χ0) is 8.55. The Hall–Kier alpha value is -0.510. The largest absolute Gasteiger partial charge is 0.341 e. The van der Waals surface area contributed by atoms with Crippen molar-refractivity contribution in [2.45, 2.75) is 18.9 Å². The maximum atomic E-state index is 4.53. The summed E-state index contributed by atoms with van der Waals surface area (Å²) in [5, 5.41) is 3.16. The first-order valence-electron chi connectivity index (χ1n) is 4.16. The second-order valence-corrected chi connectivity index (χ2v) is 4.29. The Morgan fingerprint density at radius 3 is 3.00 bits per heavy atom. The molecule has 12 heavy (non-hydrogen) atoms. The van der Waals surface area contributed by atoms with Crippen LogP contribution in [0.4, 0.5) is 0 Å². The molecule has 0 saturated heterocycles. The zero-order valence-corrected chi connectivity index (χ0v) is 8.63. The monoisotopic (exact) mass is 229 g/mol. The van der Waals surface area contributed by atoms with E-state index in [4.69, 9.17) is 0 Å². The van der Waals surface area contributed by atoms with Crippen LogP contribution in [0, 0.1) is 0 Å². The van der Waals surface area contributed by atoms with Crippen molar-refractivity contribution in [3.05, 3.63) is 10.7 Å². The third kappa shape index (κ3) is 1.80. The van der Waals surface area contributed by atoms with Gasteiger partial charge in [-0.25, -0.2) is 4.99 Å². The highest BCUT2D eigenvalue weighted by Crippen LogP contribution is 2.24. The van der Waals surface area contributed by atoms with E-state index in [-0.39, 0.29) is 0 Å². The summed E-state index contributed by atoms with van der Waals surface area (Å²) in [6.07, 6.45) is 4.47. The van der Waals surface area contributed by atoms with Gasteiger partial charge in [-0.15, -0.1) is 0 Å². The number of hydrogen-bond acceptors (Lipinski definition) is 1. The molecule has 0 aromatic rings. The number of rotatable bonds is 1. The van der Waals surface area contributed by atoms with E-state index in [1.54, 1.807) is 0 Å². The third-order valence-electron chi connectivity index (χ3n) is 1.96. The van der Waals surface area contributed by atoms with Gasteiger partial charge in [0.05, 0.1) is 12.6 Å². The summed E-state index contributed by atoms with van der Waals surface area (Å²) >= 11 is 3.44. The fourth-order valence-electron chi connectivity index (χ4n) is 1.11. The van der Waals surface area contributed by atoms with E-state index in [0.29, 0.717) is 6.04 Å². The van der Waals surface area contributed by atoms with Gasteiger partial charge in [-0.3, -0.25) is 0 Å². The van der Waals surface area contributed by atoms with Gasteiger partial charge in [-0.2, -0.15) is 0 Å². The maximum absolute atomic E-state index is 4.53. The van der Waals surface area contributed by atoms with Crippen molar-refractivity contribution in [2.75, 3.05) is 13.6 Å². The standard InChI is InChI=1S/C8H12BrN3/c1-12-5-6(9)4-10-8(12)11-7-2-3-7/h4,7H,2-3,5H2,1H3,(H,10,11). The fraction of sp³-hybridized carbons (Fsp3) is 0.625. The maximum Gasteiger partial charge on any atom is 0.198 e. The lowest BCUT2D eigenvalue weighted by Crippen LogP contribution is -2.40. The molecule has 0 spiro atoms. The van der Waals surface area contributed by atoms with E-state index in [0.717, 1.165) is 12.5 Å². The molecule has 1 aliphatic heterocycles. The smallest absolute Gasteiger partial charge is 0.198 e. The van der Waals surface area contributed by atoms with Gasteiger partial charge >= 0.3 is 0 Å². The van der Waals surface area contributed by atoms with E-state index in [1.165, 1.54) is 17.3 Å². The van der Waals surface area contributed by atoms with Gasteiger partial charge in [0.2, 0.25) is 0 Å². The fourth-order valence-corrected chi connectivity index (χ4v) is 1.60. The van der Waals surface area contributed by atoms with Crippen LogP contribution in [-0.2, 0) is 0 Å². The molecule has 1 N–H and O–H groups in total. The van der Waals surface area contributed by atoms with Crippen LogP contribution >= 0.6 is 15.9 Å². The van der Waals surface area contributed by atoms with Gasteiger partial charge in [-0.05, 0) is 12.8 Å². The zero-order valence-electron chi connectivity index (χ0n) is 7.05. The predicted molar refractivity (Wildman–Crippen MR) is 53.2 cm³/mol. The summed E-state index contributed by atoms with van der Waals surface area (Å²) in [5.74, 6) is 1.00. The summed E-state index contributed by atoms with van der Waals surface area (Å²) < 4.78 is 1.17. The van der Waals surface area contributed by atoms with Crippen LogP contribution in [0.1, 0.15) is 12.8 Å². The van der Waals surface area contributed by atoms with E-state index >= 15 is 0 Å². The van der Waals surface area contributed by atoms with Crippen LogP contribution in [0.25, 0.3) is 0 Å². The molecule has 1 saturated carbocycles. The summed E-state index contributed by atoms with van der Waals surface area (Å²) in [6.45, 7) is 0.915. The molecule has 4 heteroatoms. The van der Waals surface area contributed by atoms with Crippen LogP contribution in [0.15, 0.2) is 15.7 Å². The SMILES string of the molecule is CN1CC(Br)=CNC1=NC1CC1. The Bertz CT molecular complexity index is 243. The summed E-state index contributed by atoms with van der Waals surface area (Å²) in [4.78, 5) is 6.64. The molecule has 1 heterocycles. The van der Waals surface area contributed by atoms with E-state index < -0.39 is 0 Å². The first-order chi connectivity index (χ1) is 5.75. The molecule has 2 aliphatic rings. The number of likely N-dealkylation sites (N-methyl/N-ethyl adjacent to an activating group) is 1. The molecule has 3 nitrogen and oxygen atoms in total. The number of guanidine groups is 1. The van der Waals surface area contributed by atoms with Crippen LogP contribution in [0.2, 0.25) is 0 Å². The number of hydrogen-bond donors (Lipinski definition) is 1. The first kappa shape index (κ1) is 8.10. The Balaban J connectivity index is 2.06. The molecule has 0 radical (unpaired) electrons. The molecular weight excluding hydrogens is 218 g/mol. The second-order valence-electron chi connectivity index (χ2n) is 3.28. The van der Waals surface area contributed by atoms with Crippen molar-refractivity contribution in [1.82, 2.24) is 10.2 Å². The lowest BCUT2D eigenvalue weighted by Gasteiger charge is -2.25. The number of nitrogens with one attached hydrogen (secondary N) is 1. The van der Waals surface area contributed by atoms with Gasteiger partial charge < -0.3 is 10.2 Å². The van der Waals surface area contributed by atoms with Crippen molar-refractivity contribution in [3.8, 4) is 0 Å². The molecule has 0 aromatic heterocycles. The van der Waals surface area contributed by atoms with Crippen molar-refractivity contribution < 1.29 is 0 Å². The average molecular weight is 230 g/mol. The molecule has 0 amide bonds. The number of aliphatic imine (C=N–C) groups is 1. The van der Waals surface area contributed by atoms with Crippen molar-refractivity contribution in [3.63, 3.8) is 0 Å². The molecule has 2 rings (SSSR count). The Morgan fingerprint density at radius 1 is 1.67 bits per heavy atom. The number of nitrogens with zero attached hydrogens (tertiary/aromatic N) is 2. The van der Waals surface area contributed by atoms with Crippen molar-refractivity contribution in [1.29, 1.82) is 0 Å². The van der Waals surface area contributed by atoms with Crippen LogP contribution in [0.3, 0.4) is 0 Å². The molecule has 0 aromatic carbocycles. The predicted octanol–water partition coefficient (Wildman–Crippen LogP) is 1.28. The highest BCUT2D eigenvalue weighted by atomic mass is 79.9. The first-order valence-corrected chi connectivity index (χ1v) is 4.95. The highest BCUT2D eigenvalue weighted by Gasteiger charge is 2.23. The quantitative estimate of drug-likeness (QED) is 0.734. The van der Waals surface area contributed by atoms with E-state index in [9.17, 15) is 0 Å². The number of halogens is 1. The van der Waals surface area contributed by atoms with Gasteiger partial charge in [0.15, 0.2) is 5.96 Å². The molecule has 0 unspecified atom stereocenters. The van der Waals surface area contributed by atoms with Gasteiger partial charge in [0, 0.05) is 17.7 Å². The Morgan fingerprint density at radius 2 is 2.42 bits per heavy atom. The van der Waals surface area contributed by atoms with Gasteiger partial charge in [0.25, 0.3) is 0 Å². The topological polar surface area (TPSA) is 27.6 Å². The minimum Gasteiger partial charge on any atom is -0.341 e. The third-order valence-corrected chi connectivity index (χ3v) is 2.44. The van der Waals surface area contributed by atoms with E-state index in [2.05, 4.69) is 31.1 Å². The molecule has 66 valence electrons. The molecule has 0 bridgehead atoms. The Labute approximate surface area is 80.7 Å². The van der Waals surface area contributed by atoms with Gasteiger partial charge in [0.1, 0.15) is 0 Å². The highest BCUT2D eigenvalue weighted by molar-refractivity contribution is 9.11. The molecule has 0 atom stereocenters. The summed E-state index contributed by atoms with van der Waals surface area (Å²) in [6, 6.07) is 0.584. The normalized spacial score (nSPS) is 27.0. The van der Waals surface area contributed by atoms with Gasteiger partial charge in [-0.1, -0.05) is 15.9 Å². The molecule has 1 aliphatic carbocycles. The van der Waals surface area contributed by atoms with Crippen molar-refractivity contribution in [2.24, 2.45) is 4.99 Å². The molecular formula is C8H12BrN3. The second kappa shape index (κ2) is 3.09. The van der Waals surface area contributed by atoms with Crippen molar-refractivity contribution >= 4 is 21.9 Å². The van der Waals surface area contributed by atoms with Crippen LogP contribution in [-0.4, -0.2) is 30.5 Å².